The van der Waals surface area contributed by atoms with Crippen molar-refractivity contribution in [2.45, 2.75) is 38.8 Å². The molecule has 0 atom stereocenters. The highest BCUT2D eigenvalue weighted by Crippen LogP contribution is 2.47. The number of aromatic nitrogens is 2. The van der Waals surface area contributed by atoms with Gasteiger partial charge in [0.25, 0.3) is 0 Å². The molecule has 1 saturated carbocycles. The van der Waals surface area contributed by atoms with E-state index in [1.54, 1.807) is 12.4 Å². The zero-order valence-electron chi connectivity index (χ0n) is 16.5. The highest BCUT2D eigenvalue weighted by molar-refractivity contribution is 5.85. The van der Waals surface area contributed by atoms with Crippen molar-refractivity contribution in [1.29, 1.82) is 0 Å². The zero-order chi connectivity index (χ0) is 19.4. The lowest BCUT2D eigenvalue weighted by Crippen LogP contribution is -2.38. The lowest BCUT2D eigenvalue weighted by Gasteiger charge is -2.26. The van der Waals surface area contributed by atoms with Crippen LogP contribution in [0.15, 0.2) is 42.9 Å². The number of amides is 1. The van der Waals surface area contributed by atoms with Crippen molar-refractivity contribution >= 4 is 5.91 Å². The molecule has 0 unspecified atom stereocenters. The Labute approximate surface area is 166 Å². The van der Waals surface area contributed by atoms with E-state index in [0.717, 1.165) is 63.3 Å². The van der Waals surface area contributed by atoms with Gasteiger partial charge in [-0.3, -0.25) is 19.7 Å². The Kier molecular flexibility index (Phi) is 5.57. The number of carbonyl (C=O) groups excluding carboxylic acids is 1. The number of rotatable bonds is 2. The van der Waals surface area contributed by atoms with E-state index in [9.17, 15) is 4.79 Å². The predicted octanol–water partition coefficient (Wildman–Crippen LogP) is 2.89. The van der Waals surface area contributed by atoms with E-state index in [0.29, 0.717) is 6.61 Å². The molecule has 4 rings (SSSR count). The first-order chi connectivity index (χ1) is 13.6. The molecule has 1 aliphatic carbocycles. The maximum atomic E-state index is 12.8. The molecule has 1 amide bonds. The largest absolute Gasteiger partial charge is 0.492 e. The molecule has 2 aliphatic rings. The molecule has 1 aromatic heterocycles. The Morgan fingerprint density at radius 2 is 2.04 bits per heavy atom. The zero-order valence-corrected chi connectivity index (χ0v) is 16.5. The minimum Gasteiger partial charge on any atom is -0.492 e. The first kappa shape index (κ1) is 18.9. The van der Waals surface area contributed by atoms with Crippen LogP contribution in [0.3, 0.4) is 0 Å². The molecule has 0 N–H and O–H groups in total. The topological polar surface area (TPSA) is 58.6 Å². The Morgan fingerprint density at radius 1 is 1.18 bits per heavy atom. The van der Waals surface area contributed by atoms with Gasteiger partial charge in [-0.25, -0.2) is 0 Å². The van der Waals surface area contributed by atoms with E-state index in [1.165, 1.54) is 5.56 Å². The Hall–Kier alpha value is -2.47. The lowest BCUT2D eigenvalue weighted by atomic mass is 10.1. The number of benzene rings is 1. The van der Waals surface area contributed by atoms with E-state index in [2.05, 4.69) is 27.0 Å². The van der Waals surface area contributed by atoms with Crippen LogP contribution in [0, 0.1) is 5.41 Å². The maximum absolute atomic E-state index is 12.8. The number of ether oxygens (including phenoxy) is 1. The fraction of sp³-hybridized carbons (Fsp3) is 0.500. The van der Waals surface area contributed by atoms with E-state index in [4.69, 9.17) is 4.74 Å². The summed E-state index contributed by atoms with van der Waals surface area (Å²) >= 11 is 0. The van der Waals surface area contributed by atoms with E-state index < -0.39 is 0 Å². The molecule has 2 bridgehead atoms. The molecule has 148 valence electrons. The Morgan fingerprint density at radius 3 is 2.82 bits per heavy atom. The molecule has 1 aliphatic heterocycles. The third kappa shape index (κ3) is 4.50. The van der Waals surface area contributed by atoms with Crippen molar-refractivity contribution in [2.24, 2.45) is 5.41 Å². The van der Waals surface area contributed by atoms with Gasteiger partial charge in [0.1, 0.15) is 12.4 Å². The third-order valence-corrected chi connectivity index (χ3v) is 5.69. The maximum Gasteiger partial charge on any atom is 0.231 e. The van der Waals surface area contributed by atoms with Crippen LogP contribution in [-0.2, 0) is 17.9 Å². The van der Waals surface area contributed by atoms with Crippen LogP contribution in [0.1, 0.15) is 36.9 Å². The Bertz CT molecular complexity index is 807. The molecule has 2 heterocycles. The van der Waals surface area contributed by atoms with E-state index >= 15 is 0 Å². The van der Waals surface area contributed by atoms with Crippen molar-refractivity contribution < 1.29 is 9.53 Å². The first-order valence-electron chi connectivity index (χ1n) is 10.1. The van der Waals surface area contributed by atoms with Gasteiger partial charge in [0.05, 0.1) is 11.1 Å². The van der Waals surface area contributed by atoms with Crippen molar-refractivity contribution in [3.8, 4) is 5.75 Å². The average molecular weight is 380 g/mol. The number of carbonyl (C=O) groups is 1. The summed E-state index contributed by atoms with van der Waals surface area (Å²) in [4.78, 5) is 25.7. The summed E-state index contributed by atoms with van der Waals surface area (Å²) in [5.74, 6) is 1.08. The molecule has 1 fully saturated rings. The van der Waals surface area contributed by atoms with Gasteiger partial charge in [-0.05, 0) is 49.9 Å². The van der Waals surface area contributed by atoms with Gasteiger partial charge >= 0.3 is 0 Å². The van der Waals surface area contributed by atoms with Crippen molar-refractivity contribution in [3.05, 3.63) is 54.1 Å². The van der Waals surface area contributed by atoms with Gasteiger partial charge in [-0.1, -0.05) is 12.1 Å². The van der Waals surface area contributed by atoms with Crippen LogP contribution in [0.2, 0.25) is 0 Å². The minimum absolute atomic E-state index is 0.233. The number of hydrogen-bond donors (Lipinski definition) is 0. The SMILES string of the molecule is CN1CCCCN(Cc2cnccn2)Cc2cccc(c2)OCC2(CC2)C1=O. The molecule has 6 nitrogen and oxygen atoms in total. The molecule has 1 aromatic carbocycles. The normalized spacial score (nSPS) is 20.5. The molecule has 0 saturated heterocycles. The van der Waals surface area contributed by atoms with Crippen LogP contribution >= 0.6 is 0 Å². The van der Waals surface area contributed by atoms with Crippen LogP contribution < -0.4 is 4.74 Å². The highest BCUT2D eigenvalue weighted by Gasteiger charge is 2.52. The quantitative estimate of drug-likeness (QED) is 0.802. The van der Waals surface area contributed by atoms with Gasteiger partial charge < -0.3 is 9.64 Å². The minimum atomic E-state index is -0.299. The average Bonchev–Trinajstić information content (AvgIpc) is 3.50. The van der Waals surface area contributed by atoms with Crippen LogP contribution in [-0.4, -0.2) is 52.4 Å². The second kappa shape index (κ2) is 8.27. The molecular formula is C22H28N4O2. The van der Waals surface area contributed by atoms with Crippen molar-refractivity contribution in [3.63, 3.8) is 0 Å². The highest BCUT2D eigenvalue weighted by atomic mass is 16.5. The molecule has 6 heteroatoms. The van der Waals surface area contributed by atoms with Crippen molar-refractivity contribution in [2.75, 3.05) is 26.7 Å². The molecule has 1 spiro atoms. The summed E-state index contributed by atoms with van der Waals surface area (Å²) < 4.78 is 6.05. The van der Waals surface area contributed by atoms with Crippen LogP contribution in [0.4, 0.5) is 0 Å². The number of hydrogen-bond acceptors (Lipinski definition) is 5. The molecule has 2 aromatic rings. The van der Waals surface area contributed by atoms with Gasteiger partial charge in [-0.15, -0.1) is 0 Å². The summed E-state index contributed by atoms with van der Waals surface area (Å²) in [5, 5.41) is 0. The summed E-state index contributed by atoms with van der Waals surface area (Å²) in [6.45, 7) is 3.83. The van der Waals surface area contributed by atoms with Gasteiger partial charge in [-0.2, -0.15) is 0 Å². The van der Waals surface area contributed by atoms with E-state index in [-0.39, 0.29) is 11.3 Å². The summed E-state index contributed by atoms with van der Waals surface area (Å²) in [5.41, 5.74) is 1.89. The smallest absolute Gasteiger partial charge is 0.231 e. The summed E-state index contributed by atoms with van der Waals surface area (Å²) in [6, 6.07) is 8.24. The Balaban J connectivity index is 1.52. The molecular weight excluding hydrogens is 352 g/mol. The summed E-state index contributed by atoms with van der Waals surface area (Å²) in [7, 11) is 1.92. The van der Waals surface area contributed by atoms with E-state index in [1.807, 2.05) is 30.3 Å². The second-order valence-electron chi connectivity index (χ2n) is 8.06. The van der Waals surface area contributed by atoms with Crippen molar-refractivity contribution in [1.82, 2.24) is 19.8 Å². The fourth-order valence-electron chi connectivity index (χ4n) is 3.83. The monoisotopic (exact) mass is 380 g/mol. The molecule has 28 heavy (non-hydrogen) atoms. The fourth-order valence-corrected chi connectivity index (χ4v) is 3.83. The van der Waals surface area contributed by atoms with Crippen LogP contribution in [0.25, 0.3) is 0 Å². The number of fused-ring (bicyclic) bond motifs is 2. The molecule has 0 radical (unpaired) electrons. The van der Waals surface area contributed by atoms with Gasteiger partial charge in [0, 0.05) is 45.3 Å². The summed E-state index contributed by atoms with van der Waals surface area (Å²) in [6.07, 6.45) is 9.17. The predicted molar refractivity (Wildman–Crippen MR) is 107 cm³/mol. The third-order valence-electron chi connectivity index (χ3n) is 5.69. The number of nitrogens with zero attached hydrogens (tertiary/aromatic N) is 4. The lowest BCUT2D eigenvalue weighted by molar-refractivity contribution is -0.136. The van der Waals surface area contributed by atoms with Gasteiger partial charge in [0.15, 0.2) is 0 Å². The first-order valence-corrected chi connectivity index (χ1v) is 10.1. The van der Waals surface area contributed by atoms with Crippen LogP contribution in [0.5, 0.6) is 5.75 Å². The second-order valence-corrected chi connectivity index (χ2v) is 8.06. The van der Waals surface area contributed by atoms with Gasteiger partial charge in [0.2, 0.25) is 5.91 Å². The standard InChI is InChI=1S/C22H28N4O2/c1-25-11-2-3-12-26(16-19-14-23-9-10-24-19)15-18-5-4-6-20(13-18)28-17-22(7-8-22)21(25)27/h4-6,9-10,13-14H,2-3,7-8,11-12,15-17H2,1H3.